The summed E-state index contributed by atoms with van der Waals surface area (Å²) in [5.74, 6) is -0.228. The second-order valence-corrected chi connectivity index (χ2v) is 7.95. The zero-order valence-corrected chi connectivity index (χ0v) is 16.0. The van der Waals surface area contributed by atoms with E-state index >= 15 is 0 Å². The lowest BCUT2D eigenvalue weighted by Gasteiger charge is -2.35. The fraction of sp³-hybridized carbons (Fsp3) is 0.600. The Balaban J connectivity index is 1.25. The number of amides is 3. The third kappa shape index (κ3) is 4.15. The van der Waals surface area contributed by atoms with Crippen molar-refractivity contribution in [2.75, 3.05) is 37.6 Å². The number of ether oxygens (including phenoxy) is 1. The van der Waals surface area contributed by atoms with Crippen molar-refractivity contribution < 1.29 is 18.7 Å². The van der Waals surface area contributed by atoms with Crippen LogP contribution in [0.4, 0.5) is 19.7 Å². The third-order valence-corrected chi connectivity index (χ3v) is 6.06. The molecule has 3 heterocycles. The van der Waals surface area contributed by atoms with E-state index in [4.69, 9.17) is 4.74 Å². The number of hydrogen-bond donors (Lipinski definition) is 2. The molecule has 2 N–H and O–H groups in total. The first-order valence-corrected chi connectivity index (χ1v) is 10.1. The molecule has 0 unspecified atom stereocenters. The molecule has 8 heteroatoms. The molecule has 1 aromatic rings. The highest BCUT2D eigenvalue weighted by atomic mass is 19.1. The van der Waals surface area contributed by atoms with Gasteiger partial charge in [-0.05, 0) is 49.9 Å². The Morgan fingerprint density at radius 3 is 2.57 bits per heavy atom. The summed E-state index contributed by atoms with van der Waals surface area (Å²) in [6.45, 7) is 3.47. The number of carbonyl (C=O) groups excluding carboxylic acids is 2. The van der Waals surface area contributed by atoms with Crippen LogP contribution in [0.1, 0.15) is 32.1 Å². The smallest absolute Gasteiger partial charge is 0.407 e. The topological polar surface area (TPSA) is 73.9 Å². The van der Waals surface area contributed by atoms with Crippen LogP contribution in [0.25, 0.3) is 0 Å². The van der Waals surface area contributed by atoms with Gasteiger partial charge in [-0.2, -0.15) is 0 Å². The minimum atomic E-state index is -0.452. The molecule has 0 bridgehead atoms. The average molecular weight is 390 g/mol. The summed E-state index contributed by atoms with van der Waals surface area (Å²) in [6.07, 6.45) is 3.65. The van der Waals surface area contributed by atoms with E-state index < -0.39 is 5.60 Å². The summed E-state index contributed by atoms with van der Waals surface area (Å²) in [6, 6.07) is 6.67. The number of nitrogens with zero attached hydrogens (tertiary/aromatic N) is 2. The van der Waals surface area contributed by atoms with Crippen molar-refractivity contribution in [3.05, 3.63) is 30.1 Å². The van der Waals surface area contributed by atoms with E-state index in [0.29, 0.717) is 26.1 Å². The summed E-state index contributed by atoms with van der Waals surface area (Å²) in [5, 5.41) is 5.89. The molecule has 3 aliphatic heterocycles. The molecule has 1 atom stereocenters. The third-order valence-electron chi connectivity index (χ3n) is 6.06. The second-order valence-electron chi connectivity index (χ2n) is 7.95. The van der Waals surface area contributed by atoms with Crippen molar-refractivity contribution in [1.29, 1.82) is 0 Å². The van der Waals surface area contributed by atoms with Gasteiger partial charge in [-0.15, -0.1) is 0 Å². The van der Waals surface area contributed by atoms with Gasteiger partial charge in [-0.3, -0.25) is 0 Å². The number of likely N-dealkylation sites (tertiary alicyclic amines) is 1. The molecule has 7 nitrogen and oxygen atoms in total. The van der Waals surface area contributed by atoms with Gasteiger partial charge < -0.3 is 25.2 Å². The molecule has 0 saturated carbocycles. The summed E-state index contributed by atoms with van der Waals surface area (Å²) >= 11 is 0. The van der Waals surface area contributed by atoms with Crippen LogP contribution < -0.4 is 15.5 Å². The fourth-order valence-electron chi connectivity index (χ4n) is 4.35. The van der Waals surface area contributed by atoms with Gasteiger partial charge in [0.1, 0.15) is 11.4 Å². The number of alkyl carbamates (subject to hydrolysis) is 1. The molecule has 0 radical (unpaired) electrons. The van der Waals surface area contributed by atoms with E-state index in [0.717, 1.165) is 44.5 Å². The van der Waals surface area contributed by atoms with E-state index in [-0.39, 0.29) is 24.0 Å². The van der Waals surface area contributed by atoms with Crippen molar-refractivity contribution in [3.63, 3.8) is 0 Å². The summed E-state index contributed by atoms with van der Waals surface area (Å²) in [5.41, 5.74) is 0.566. The number of benzene rings is 1. The molecule has 152 valence electrons. The number of anilines is 1. The lowest BCUT2D eigenvalue weighted by molar-refractivity contribution is 0.0453. The number of carbonyl (C=O) groups is 2. The predicted octanol–water partition coefficient (Wildman–Crippen LogP) is 2.47. The monoisotopic (exact) mass is 390 g/mol. The van der Waals surface area contributed by atoms with E-state index in [1.54, 1.807) is 12.1 Å². The zero-order chi connectivity index (χ0) is 19.6. The largest absolute Gasteiger partial charge is 0.441 e. The van der Waals surface area contributed by atoms with Gasteiger partial charge >= 0.3 is 12.1 Å². The van der Waals surface area contributed by atoms with E-state index in [9.17, 15) is 14.0 Å². The van der Waals surface area contributed by atoms with Crippen molar-refractivity contribution >= 4 is 17.8 Å². The normalized spacial score (nSPS) is 26.0. The highest BCUT2D eigenvalue weighted by Gasteiger charge is 2.42. The van der Waals surface area contributed by atoms with Crippen LogP contribution in [-0.4, -0.2) is 61.4 Å². The summed E-state index contributed by atoms with van der Waals surface area (Å²) < 4.78 is 18.6. The van der Waals surface area contributed by atoms with Gasteiger partial charge in [0.25, 0.3) is 0 Å². The molecule has 3 saturated heterocycles. The average Bonchev–Trinajstić information content (AvgIpc) is 2.93. The van der Waals surface area contributed by atoms with Crippen LogP contribution in [0.2, 0.25) is 0 Å². The first kappa shape index (κ1) is 18.8. The van der Waals surface area contributed by atoms with Crippen molar-refractivity contribution in [2.24, 2.45) is 0 Å². The second kappa shape index (κ2) is 7.85. The van der Waals surface area contributed by atoms with Crippen molar-refractivity contribution in [1.82, 2.24) is 15.5 Å². The van der Waals surface area contributed by atoms with E-state index in [1.807, 2.05) is 4.90 Å². The maximum Gasteiger partial charge on any atom is 0.407 e. The van der Waals surface area contributed by atoms with Crippen LogP contribution >= 0.6 is 0 Å². The molecule has 3 amide bonds. The van der Waals surface area contributed by atoms with Crippen LogP contribution in [0.3, 0.4) is 0 Å². The number of hydrogen-bond acceptors (Lipinski definition) is 4. The Hall–Kier alpha value is -2.51. The first-order valence-electron chi connectivity index (χ1n) is 10.1. The van der Waals surface area contributed by atoms with Crippen molar-refractivity contribution in [3.8, 4) is 0 Å². The first-order chi connectivity index (χ1) is 13.5. The molecule has 1 aromatic carbocycles. The molecule has 3 aliphatic rings. The summed E-state index contributed by atoms with van der Waals surface area (Å²) in [7, 11) is 0. The molecule has 4 rings (SSSR count). The number of halogens is 1. The predicted molar refractivity (Wildman–Crippen MR) is 103 cm³/mol. The molecule has 0 aromatic heterocycles. The maximum absolute atomic E-state index is 13.1. The standard InChI is InChI=1S/C20H27FN4O3/c21-15-2-4-17(5-3-15)24-11-6-16(7-12-24)23-18(26)25-10-1-8-20(9-13-25)14-22-19(27)28-20/h2-5,16H,1,6-14H2,(H,22,27)(H,23,26)/t20-/m1/s1. The van der Waals surface area contributed by atoms with Crippen LogP contribution in [-0.2, 0) is 4.74 Å². The maximum atomic E-state index is 13.1. The van der Waals surface area contributed by atoms with E-state index in [1.165, 1.54) is 12.1 Å². The van der Waals surface area contributed by atoms with Gasteiger partial charge in [0, 0.05) is 44.3 Å². The van der Waals surface area contributed by atoms with Gasteiger partial charge in [-0.25, -0.2) is 14.0 Å². The number of piperidine rings is 1. The molecule has 0 aliphatic carbocycles. The molecule has 28 heavy (non-hydrogen) atoms. The van der Waals surface area contributed by atoms with Crippen LogP contribution in [0.5, 0.6) is 0 Å². The molecular weight excluding hydrogens is 363 g/mol. The lowest BCUT2D eigenvalue weighted by atomic mass is 9.95. The Labute approximate surface area is 164 Å². The fourth-order valence-corrected chi connectivity index (χ4v) is 4.35. The SMILES string of the molecule is O=C1NC[C@]2(CCCN(C(=O)NC3CCN(c4ccc(F)cc4)CC3)CC2)O1. The molecule has 1 spiro atoms. The highest BCUT2D eigenvalue weighted by molar-refractivity contribution is 5.74. The number of nitrogens with one attached hydrogen (secondary N) is 2. The van der Waals surface area contributed by atoms with Gasteiger partial charge in [0.2, 0.25) is 0 Å². The van der Waals surface area contributed by atoms with Gasteiger partial charge in [-0.1, -0.05) is 0 Å². The number of rotatable bonds is 2. The van der Waals surface area contributed by atoms with Crippen LogP contribution in [0.15, 0.2) is 24.3 Å². The summed E-state index contributed by atoms with van der Waals surface area (Å²) in [4.78, 5) is 28.2. The molecular formula is C20H27FN4O3. The van der Waals surface area contributed by atoms with E-state index in [2.05, 4.69) is 15.5 Å². The minimum absolute atomic E-state index is 0.0328. The highest BCUT2D eigenvalue weighted by Crippen LogP contribution is 2.29. The van der Waals surface area contributed by atoms with Gasteiger partial charge in [0.05, 0.1) is 6.54 Å². The van der Waals surface area contributed by atoms with Gasteiger partial charge in [0.15, 0.2) is 0 Å². The quantitative estimate of drug-likeness (QED) is 0.814. The number of urea groups is 1. The minimum Gasteiger partial charge on any atom is -0.441 e. The Bertz CT molecular complexity index is 721. The Kier molecular flexibility index (Phi) is 5.28. The Morgan fingerprint density at radius 1 is 1.14 bits per heavy atom. The van der Waals surface area contributed by atoms with Crippen LogP contribution in [0, 0.1) is 5.82 Å². The zero-order valence-electron chi connectivity index (χ0n) is 16.0. The van der Waals surface area contributed by atoms with Crippen molar-refractivity contribution in [2.45, 2.75) is 43.7 Å². The molecule has 3 fully saturated rings. The lowest BCUT2D eigenvalue weighted by Crippen LogP contribution is -2.49. The Morgan fingerprint density at radius 2 is 1.89 bits per heavy atom.